The maximum Gasteiger partial charge on any atom is 0.257 e. The number of pyridine rings is 2. The van der Waals surface area contributed by atoms with Crippen molar-refractivity contribution in [3.8, 4) is 0 Å². The number of anilines is 2. The van der Waals surface area contributed by atoms with E-state index in [-0.39, 0.29) is 22.0 Å². The minimum Gasteiger partial charge on any atom is -0.397 e. The van der Waals surface area contributed by atoms with Crippen LogP contribution in [0.1, 0.15) is 17.3 Å². The van der Waals surface area contributed by atoms with Gasteiger partial charge in [-0.25, -0.2) is 4.98 Å². The minimum absolute atomic E-state index is 0.128. The number of nitrogens with one attached hydrogen (secondary N) is 1. The summed E-state index contributed by atoms with van der Waals surface area (Å²) in [6, 6.07) is 4.31. The number of nitrogens with two attached hydrogens (primary N) is 1. The van der Waals surface area contributed by atoms with Crippen LogP contribution in [-0.4, -0.2) is 15.5 Å². The Morgan fingerprint density at radius 2 is 2.25 bits per heavy atom. The smallest absolute Gasteiger partial charge is 0.257 e. The number of carbonyl (C=O) groups is 1. The highest BCUT2D eigenvalue weighted by Gasteiger charge is 2.11. The van der Waals surface area contributed by atoms with Gasteiger partial charge in [0.2, 0.25) is 0 Å². The van der Waals surface area contributed by atoms with Gasteiger partial charge in [-0.15, -0.1) is 0 Å². The molecule has 0 saturated carbocycles. The number of nitrogen functional groups attached to an aromatic ring is 1. The Hall–Kier alpha value is -2.34. The number of hydrogen-bond acceptors (Lipinski definition) is 4. The van der Waals surface area contributed by atoms with Crippen molar-refractivity contribution in [2.75, 3.05) is 11.1 Å². The third-order valence-electron chi connectivity index (χ3n) is 2.73. The second-order valence-corrected chi connectivity index (χ2v) is 4.48. The SMILES string of the molecule is CCn1cc(NC(=O)c2cc(Cl)ncc2N)ccc1=O. The van der Waals surface area contributed by atoms with Gasteiger partial charge in [-0.05, 0) is 19.1 Å². The predicted molar refractivity (Wildman–Crippen MR) is 78.0 cm³/mol. The van der Waals surface area contributed by atoms with Crippen LogP contribution in [0, 0.1) is 0 Å². The molecule has 20 heavy (non-hydrogen) atoms. The molecule has 0 aromatic carbocycles. The van der Waals surface area contributed by atoms with Gasteiger partial charge in [0.25, 0.3) is 11.5 Å². The lowest BCUT2D eigenvalue weighted by Crippen LogP contribution is -2.20. The number of hydrogen-bond donors (Lipinski definition) is 2. The average Bonchev–Trinajstić information content (AvgIpc) is 2.43. The lowest BCUT2D eigenvalue weighted by Gasteiger charge is -2.09. The Morgan fingerprint density at radius 3 is 2.95 bits per heavy atom. The van der Waals surface area contributed by atoms with E-state index in [1.807, 2.05) is 6.92 Å². The van der Waals surface area contributed by atoms with Crippen LogP contribution in [0.2, 0.25) is 5.15 Å². The van der Waals surface area contributed by atoms with Crippen molar-refractivity contribution >= 4 is 28.9 Å². The zero-order valence-corrected chi connectivity index (χ0v) is 11.5. The number of nitrogens with zero attached hydrogens (tertiary/aromatic N) is 2. The highest BCUT2D eigenvalue weighted by molar-refractivity contribution is 6.30. The maximum atomic E-state index is 12.1. The van der Waals surface area contributed by atoms with Gasteiger partial charge >= 0.3 is 0 Å². The summed E-state index contributed by atoms with van der Waals surface area (Å²) in [7, 11) is 0. The Labute approximate surface area is 120 Å². The van der Waals surface area contributed by atoms with Crippen LogP contribution in [0.25, 0.3) is 0 Å². The molecule has 2 heterocycles. The van der Waals surface area contributed by atoms with Crippen LogP contribution in [-0.2, 0) is 6.54 Å². The second kappa shape index (κ2) is 5.75. The number of carbonyl (C=O) groups excluding carboxylic acids is 1. The van der Waals surface area contributed by atoms with Crippen LogP contribution < -0.4 is 16.6 Å². The predicted octanol–water partition coefficient (Wildman–Crippen LogP) is 1.75. The van der Waals surface area contributed by atoms with E-state index in [2.05, 4.69) is 10.3 Å². The van der Waals surface area contributed by atoms with E-state index in [1.165, 1.54) is 29.0 Å². The van der Waals surface area contributed by atoms with E-state index < -0.39 is 5.91 Å². The Balaban J connectivity index is 2.28. The van der Waals surface area contributed by atoms with E-state index >= 15 is 0 Å². The third-order valence-corrected chi connectivity index (χ3v) is 2.93. The summed E-state index contributed by atoms with van der Waals surface area (Å²) in [5, 5.41) is 2.85. The molecule has 3 N–H and O–H groups in total. The molecule has 0 saturated heterocycles. The van der Waals surface area contributed by atoms with Gasteiger partial charge < -0.3 is 15.6 Å². The maximum absolute atomic E-state index is 12.1. The number of aromatic nitrogens is 2. The molecule has 0 aliphatic carbocycles. The Morgan fingerprint density at radius 1 is 1.50 bits per heavy atom. The molecule has 2 rings (SSSR count). The summed E-state index contributed by atoms with van der Waals surface area (Å²) >= 11 is 5.74. The zero-order valence-electron chi connectivity index (χ0n) is 10.8. The van der Waals surface area contributed by atoms with Crippen LogP contribution in [0.3, 0.4) is 0 Å². The number of halogens is 1. The van der Waals surface area contributed by atoms with Crippen molar-refractivity contribution in [1.29, 1.82) is 0 Å². The van der Waals surface area contributed by atoms with Crippen molar-refractivity contribution in [3.63, 3.8) is 0 Å². The van der Waals surface area contributed by atoms with E-state index in [0.717, 1.165) is 0 Å². The molecule has 0 aliphatic rings. The number of aryl methyl sites for hydroxylation is 1. The first kappa shape index (κ1) is 14.1. The Kier molecular flexibility index (Phi) is 4.05. The van der Waals surface area contributed by atoms with Gasteiger partial charge in [0.1, 0.15) is 5.15 Å². The van der Waals surface area contributed by atoms with Gasteiger partial charge in [-0.3, -0.25) is 9.59 Å². The van der Waals surface area contributed by atoms with Gasteiger partial charge in [0.05, 0.1) is 23.1 Å². The van der Waals surface area contributed by atoms with E-state index in [4.69, 9.17) is 17.3 Å². The normalized spacial score (nSPS) is 10.3. The van der Waals surface area contributed by atoms with Crippen molar-refractivity contribution in [1.82, 2.24) is 9.55 Å². The number of amides is 1. The molecule has 0 unspecified atom stereocenters. The molecule has 0 bridgehead atoms. The topological polar surface area (TPSA) is 90.0 Å². The average molecular weight is 293 g/mol. The first-order valence-corrected chi connectivity index (χ1v) is 6.32. The molecule has 0 fully saturated rings. The molecule has 0 aliphatic heterocycles. The number of rotatable bonds is 3. The lowest BCUT2D eigenvalue weighted by atomic mass is 10.2. The molecular formula is C13H13ClN4O2. The van der Waals surface area contributed by atoms with Gasteiger partial charge in [0.15, 0.2) is 0 Å². The van der Waals surface area contributed by atoms with E-state index in [9.17, 15) is 9.59 Å². The lowest BCUT2D eigenvalue weighted by molar-refractivity contribution is 0.102. The molecule has 104 valence electrons. The van der Waals surface area contributed by atoms with Crippen LogP contribution in [0.4, 0.5) is 11.4 Å². The highest BCUT2D eigenvalue weighted by atomic mass is 35.5. The summed E-state index contributed by atoms with van der Waals surface area (Å²) in [6.45, 7) is 2.36. The minimum atomic E-state index is -0.409. The van der Waals surface area contributed by atoms with Crippen molar-refractivity contribution < 1.29 is 4.79 Å². The first-order valence-electron chi connectivity index (χ1n) is 5.94. The molecule has 0 atom stereocenters. The summed E-state index contributed by atoms with van der Waals surface area (Å²) < 4.78 is 1.48. The fourth-order valence-electron chi connectivity index (χ4n) is 1.69. The molecule has 2 aromatic heterocycles. The van der Waals surface area contributed by atoms with Crippen molar-refractivity contribution in [2.45, 2.75) is 13.5 Å². The highest BCUT2D eigenvalue weighted by Crippen LogP contribution is 2.16. The summed E-state index contributed by atoms with van der Waals surface area (Å²) in [5.74, 6) is -0.409. The van der Waals surface area contributed by atoms with Gasteiger partial charge in [0, 0.05) is 18.8 Å². The molecule has 7 heteroatoms. The third kappa shape index (κ3) is 2.97. The standard InChI is InChI=1S/C13H13ClN4O2/c1-2-18-7-8(3-4-12(18)19)17-13(20)9-5-11(14)16-6-10(9)15/h3-7H,2,15H2,1H3,(H,17,20). The van der Waals surface area contributed by atoms with E-state index in [0.29, 0.717) is 12.2 Å². The monoisotopic (exact) mass is 292 g/mol. The molecular weight excluding hydrogens is 280 g/mol. The van der Waals surface area contributed by atoms with Crippen molar-refractivity contribution in [2.24, 2.45) is 0 Å². The largest absolute Gasteiger partial charge is 0.397 e. The molecule has 1 amide bonds. The summed E-state index contributed by atoms with van der Waals surface area (Å²) in [4.78, 5) is 27.4. The second-order valence-electron chi connectivity index (χ2n) is 4.09. The molecule has 0 spiro atoms. The fraction of sp³-hybridized carbons (Fsp3) is 0.154. The van der Waals surface area contributed by atoms with E-state index in [1.54, 1.807) is 6.20 Å². The van der Waals surface area contributed by atoms with Crippen molar-refractivity contribution in [3.05, 3.63) is 51.7 Å². The van der Waals surface area contributed by atoms with Crippen LogP contribution in [0.5, 0.6) is 0 Å². The summed E-state index contributed by atoms with van der Waals surface area (Å²) in [6.07, 6.45) is 2.89. The molecule has 6 nitrogen and oxygen atoms in total. The quantitative estimate of drug-likeness (QED) is 0.843. The zero-order chi connectivity index (χ0) is 14.7. The summed E-state index contributed by atoms with van der Waals surface area (Å²) in [5.41, 5.74) is 6.53. The van der Waals surface area contributed by atoms with Crippen LogP contribution in [0.15, 0.2) is 35.4 Å². The molecule has 0 radical (unpaired) electrons. The van der Waals surface area contributed by atoms with Gasteiger partial charge in [-0.1, -0.05) is 11.6 Å². The molecule has 2 aromatic rings. The first-order chi connectivity index (χ1) is 9.51. The van der Waals surface area contributed by atoms with Gasteiger partial charge in [-0.2, -0.15) is 0 Å². The fourth-order valence-corrected chi connectivity index (χ4v) is 1.85. The Bertz CT molecular complexity index is 712. The van der Waals surface area contributed by atoms with Crippen LogP contribution >= 0.6 is 11.6 Å².